The molecule has 2 aliphatic rings. The number of amides is 1. The van der Waals surface area contributed by atoms with E-state index >= 15 is 0 Å². The van der Waals surface area contributed by atoms with E-state index in [1.807, 2.05) is 35.2 Å². The molecule has 1 aliphatic carbocycles. The van der Waals surface area contributed by atoms with Crippen LogP contribution in [0.4, 0.5) is 0 Å². The fourth-order valence-electron chi connectivity index (χ4n) is 4.25. The van der Waals surface area contributed by atoms with Gasteiger partial charge in [0.1, 0.15) is 5.69 Å². The minimum Gasteiger partial charge on any atom is -0.393 e. The predicted molar refractivity (Wildman–Crippen MR) is 90.8 cm³/mol. The molecule has 5 nitrogen and oxygen atoms in total. The zero-order valence-corrected chi connectivity index (χ0v) is 13.8. The van der Waals surface area contributed by atoms with Crippen molar-refractivity contribution in [1.29, 1.82) is 0 Å². The quantitative estimate of drug-likeness (QED) is 0.920. The van der Waals surface area contributed by atoms with Crippen molar-refractivity contribution >= 4 is 16.8 Å². The smallest absolute Gasteiger partial charge is 0.272 e. The third-order valence-electron chi connectivity index (χ3n) is 5.64. The highest BCUT2D eigenvalue weighted by Crippen LogP contribution is 2.42. The number of para-hydroxylation sites is 1. The molecule has 1 amide bonds. The van der Waals surface area contributed by atoms with Crippen molar-refractivity contribution in [2.24, 2.45) is 0 Å². The Morgan fingerprint density at radius 3 is 2.96 bits per heavy atom. The number of hydrogen-bond donors (Lipinski definition) is 1. The number of ether oxygens (including phenoxy) is 1. The summed E-state index contributed by atoms with van der Waals surface area (Å²) in [6.45, 7) is 0.651. The second kappa shape index (κ2) is 5.83. The van der Waals surface area contributed by atoms with E-state index in [0.29, 0.717) is 18.7 Å². The first-order valence-corrected chi connectivity index (χ1v) is 8.53. The largest absolute Gasteiger partial charge is 0.393 e. The first-order valence-electron chi connectivity index (χ1n) is 8.53. The molecule has 2 heterocycles. The van der Waals surface area contributed by atoms with Crippen molar-refractivity contribution < 1.29 is 14.6 Å². The summed E-state index contributed by atoms with van der Waals surface area (Å²) >= 11 is 0. The molecule has 1 aromatic heterocycles. The highest BCUT2D eigenvalue weighted by molar-refractivity contribution is 5.95. The zero-order chi connectivity index (χ0) is 16.7. The van der Waals surface area contributed by atoms with Gasteiger partial charge in [-0.15, -0.1) is 0 Å². The number of carbonyl (C=O) groups is 1. The van der Waals surface area contributed by atoms with E-state index in [1.165, 1.54) is 0 Å². The van der Waals surface area contributed by atoms with Crippen molar-refractivity contribution in [1.82, 2.24) is 9.88 Å². The van der Waals surface area contributed by atoms with E-state index in [0.717, 1.165) is 30.2 Å². The van der Waals surface area contributed by atoms with E-state index in [9.17, 15) is 9.90 Å². The number of aromatic nitrogens is 1. The molecule has 1 aliphatic heterocycles. The van der Waals surface area contributed by atoms with Crippen molar-refractivity contribution in [3.8, 4) is 0 Å². The molecule has 0 spiro atoms. The van der Waals surface area contributed by atoms with Crippen molar-refractivity contribution in [2.75, 3.05) is 13.7 Å². The van der Waals surface area contributed by atoms with Gasteiger partial charge in [-0.05, 0) is 37.8 Å². The Kier molecular flexibility index (Phi) is 3.77. The normalized spacial score (nSPS) is 29.7. The lowest BCUT2D eigenvalue weighted by Crippen LogP contribution is -2.52. The number of carbonyl (C=O) groups excluding carboxylic acids is 1. The fourth-order valence-corrected chi connectivity index (χ4v) is 4.25. The molecular weight excluding hydrogens is 304 g/mol. The Morgan fingerprint density at radius 1 is 1.29 bits per heavy atom. The average Bonchev–Trinajstić information content (AvgIpc) is 3.00. The molecule has 3 atom stereocenters. The minimum atomic E-state index is -0.365. The van der Waals surface area contributed by atoms with Crippen molar-refractivity contribution in [2.45, 2.75) is 43.4 Å². The van der Waals surface area contributed by atoms with Gasteiger partial charge in [-0.2, -0.15) is 0 Å². The third kappa shape index (κ3) is 2.39. The van der Waals surface area contributed by atoms with Crippen LogP contribution in [0.5, 0.6) is 0 Å². The number of benzene rings is 1. The van der Waals surface area contributed by atoms with Gasteiger partial charge in [-0.1, -0.05) is 24.3 Å². The molecule has 126 valence electrons. The second-order valence-electron chi connectivity index (χ2n) is 6.85. The van der Waals surface area contributed by atoms with Gasteiger partial charge in [0.05, 0.1) is 23.3 Å². The molecule has 24 heavy (non-hydrogen) atoms. The summed E-state index contributed by atoms with van der Waals surface area (Å²) in [7, 11) is 1.72. The fraction of sp³-hybridized carbons (Fsp3) is 0.474. The van der Waals surface area contributed by atoms with Crippen molar-refractivity contribution in [3.05, 3.63) is 42.1 Å². The van der Waals surface area contributed by atoms with E-state index in [2.05, 4.69) is 4.98 Å². The Morgan fingerprint density at radius 2 is 2.12 bits per heavy atom. The molecule has 2 fully saturated rings. The van der Waals surface area contributed by atoms with Gasteiger partial charge in [-0.25, -0.2) is 4.98 Å². The summed E-state index contributed by atoms with van der Waals surface area (Å²) in [5.74, 6) is -0.0706. The van der Waals surface area contributed by atoms with Gasteiger partial charge in [0.25, 0.3) is 5.91 Å². The second-order valence-corrected chi connectivity index (χ2v) is 6.85. The Hall–Kier alpha value is -1.98. The van der Waals surface area contributed by atoms with Crippen LogP contribution in [0, 0.1) is 0 Å². The lowest BCUT2D eigenvalue weighted by molar-refractivity contribution is -0.0824. The summed E-state index contributed by atoms with van der Waals surface area (Å²) < 4.78 is 5.81. The van der Waals surface area contributed by atoms with E-state index in [1.54, 1.807) is 13.2 Å². The van der Waals surface area contributed by atoms with Crippen LogP contribution in [-0.2, 0) is 4.74 Å². The SMILES string of the molecule is CO[C@@]12CC[C@@H](O)C[C@@H]1N(C(=O)c1ccc3ccccc3n1)CC2. The predicted octanol–water partition coefficient (Wildman–Crippen LogP) is 2.38. The number of likely N-dealkylation sites (tertiary alicyclic amines) is 1. The molecule has 0 unspecified atom stereocenters. The summed E-state index contributed by atoms with van der Waals surface area (Å²) in [5.41, 5.74) is 0.969. The number of rotatable bonds is 2. The van der Waals surface area contributed by atoms with Crippen molar-refractivity contribution in [3.63, 3.8) is 0 Å². The van der Waals surface area contributed by atoms with E-state index in [4.69, 9.17) is 4.74 Å². The van der Waals surface area contributed by atoms with Crippen LogP contribution in [0.3, 0.4) is 0 Å². The third-order valence-corrected chi connectivity index (χ3v) is 5.64. The minimum absolute atomic E-state index is 0.0706. The molecule has 1 aromatic carbocycles. The lowest BCUT2D eigenvalue weighted by Gasteiger charge is -2.42. The number of hydrogen-bond acceptors (Lipinski definition) is 4. The molecule has 2 aromatic rings. The number of methoxy groups -OCH3 is 1. The van der Waals surface area contributed by atoms with Crippen LogP contribution in [0.1, 0.15) is 36.2 Å². The number of aliphatic hydroxyl groups excluding tert-OH is 1. The number of aliphatic hydroxyl groups is 1. The highest BCUT2D eigenvalue weighted by atomic mass is 16.5. The van der Waals surface area contributed by atoms with Crippen LogP contribution >= 0.6 is 0 Å². The van der Waals surface area contributed by atoms with Gasteiger partial charge < -0.3 is 14.7 Å². The maximum Gasteiger partial charge on any atom is 0.272 e. The van der Waals surface area contributed by atoms with E-state index < -0.39 is 0 Å². The maximum atomic E-state index is 13.0. The number of pyridine rings is 1. The Labute approximate surface area is 141 Å². The van der Waals surface area contributed by atoms with Crippen LogP contribution in [0.2, 0.25) is 0 Å². The van der Waals surface area contributed by atoms with Crippen LogP contribution in [-0.4, -0.2) is 52.3 Å². The Bertz CT molecular complexity index is 778. The van der Waals surface area contributed by atoms with Gasteiger partial charge in [0.2, 0.25) is 0 Å². The molecular formula is C19H22N2O3. The number of nitrogens with zero attached hydrogens (tertiary/aromatic N) is 2. The lowest BCUT2D eigenvalue weighted by atomic mass is 9.79. The Balaban J connectivity index is 1.65. The summed E-state index contributed by atoms with van der Waals surface area (Å²) in [6, 6.07) is 11.4. The summed E-state index contributed by atoms with van der Waals surface area (Å²) in [5, 5.41) is 11.1. The van der Waals surface area contributed by atoms with Crippen LogP contribution in [0.25, 0.3) is 10.9 Å². The molecule has 0 radical (unpaired) electrons. The summed E-state index contributed by atoms with van der Waals surface area (Å²) in [6.07, 6.45) is 2.56. The van der Waals surface area contributed by atoms with E-state index in [-0.39, 0.29) is 23.7 Å². The molecule has 4 rings (SSSR count). The molecule has 1 N–H and O–H groups in total. The van der Waals surface area contributed by atoms with Gasteiger partial charge in [0.15, 0.2) is 0 Å². The standard InChI is InChI=1S/C19H22N2O3/c1-24-19-9-8-14(22)12-17(19)21(11-10-19)18(23)16-7-6-13-4-2-3-5-15(13)20-16/h2-7,14,17,22H,8-12H2,1H3/t14-,17+,19-/m1/s1. The molecule has 0 bridgehead atoms. The maximum absolute atomic E-state index is 13.0. The van der Waals surface area contributed by atoms with Gasteiger partial charge >= 0.3 is 0 Å². The average molecular weight is 326 g/mol. The first-order chi connectivity index (χ1) is 11.6. The molecule has 1 saturated carbocycles. The number of fused-ring (bicyclic) bond motifs is 2. The first kappa shape index (κ1) is 15.5. The van der Waals surface area contributed by atoms with Gasteiger partial charge in [0, 0.05) is 19.0 Å². The monoisotopic (exact) mass is 326 g/mol. The van der Waals surface area contributed by atoms with Crippen LogP contribution < -0.4 is 0 Å². The topological polar surface area (TPSA) is 62.7 Å². The highest BCUT2D eigenvalue weighted by Gasteiger charge is 2.52. The van der Waals surface area contributed by atoms with Crippen LogP contribution in [0.15, 0.2) is 36.4 Å². The summed E-state index contributed by atoms with van der Waals surface area (Å²) in [4.78, 5) is 19.4. The van der Waals surface area contributed by atoms with Gasteiger partial charge in [-0.3, -0.25) is 4.79 Å². The molecule has 1 saturated heterocycles. The zero-order valence-electron chi connectivity index (χ0n) is 13.8. The molecule has 5 heteroatoms.